The number of aliphatic hydroxyl groups excluding tert-OH is 3. The van der Waals surface area contributed by atoms with Crippen molar-refractivity contribution in [3.05, 3.63) is 0 Å². The summed E-state index contributed by atoms with van der Waals surface area (Å²) in [6.07, 6.45) is 2.93. The van der Waals surface area contributed by atoms with Crippen molar-refractivity contribution in [2.45, 2.75) is 43.9 Å². The predicted octanol–water partition coefficient (Wildman–Crippen LogP) is -0.767. The summed E-state index contributed by atoms with van der Waals surface area (Å²) in [6.45, 7) is -0.0140. The highest BCUT2D eigenvalue weighted by Crippen LogP contribution is 2.17. The summed E-state index contributed by atoms with van der Waals surface area (Å²) >= 11 is 0. The van der Waals surface area contributed by atoms with E-state index in [-0.39, 0.29) is 6.61 Å². The third kappa shape index (κ3) is 3.60. The van der Waals surface area contributed by atoms with Crippen LogP contribution in [0.3, 0.4) is 0 Å². The summed E-state index contributed by atoms with van der Waals surface area (Å²) in [5, 5.41) is 30.1. The second-order valence-electron chi connectivity index (χ2n) is 3.71. The predicted molar refractivity (Wildman–Crippen MR) is 49.4 cm³/mol. The second-order valence-corrected chi connectivity index (χ2v) is 3.71. The summed E-state index contributed by atoms with van der Waals surface area (Å²) < 4.78 is 0. The number of hydrogen-bond donors (Lipinski definition) is 4. The van der Waals surface area contributed by atoms with Gasteiger partial charge in [0.1, 0.15) is 6.10 Å². The molecule has 1 saturated carbocycles. The minimum absolute atomic E-state index is 0.367. The summed E-state index contributed by atoms with van der Waals surface area (Å²) in [7, 11) is 0. The van der Waals surface area contributed by atoms with Crippen LogP contribution in [0.25, 0.3) is 0 Å². The van der Waals surface area contributed by atoms with Gasteiger partial charge in [-0.2, -0.15) is 0 Å². The van der Waals surface area contributed by atoms with E-state index < -0.39 is 12.2 Å². The number of rotatable bonds is 5. The Bertz CT molecular complexity index is 137. The molecule has 4 heteroatoms. The Morgan fingerprint density at radius 3 is 2.31 bits per heavy atom. The fourth-order valence-electron chi connectivity index (χ4n) is 1.68. The molecule has 1 fully saturated rings. The molecule has 0 aromatic heterocycles. The molecule has 1 aliphatic carbocycles. The molecule has 0 spiro atoms. The molecule has 0 aromatic carbocycles. The summed E-state index contributed by atoms with van der Waals surface area (Å²) in [4.78, 5) is 0. The maximum atomic E-state index is 9.31. The molecule has 0 heterocycles. The third-order valence-corrected chi connectivity index (χ3v) is 2.60. The van der Waals surface area contributed by atoms with E-state index in [4.69, 9.17) is 10.2 Å². The van der Waals surface area contributed by atoms with Crippen LogP contribution in [0.15, 0.2) is 0 Å². The fourth-order valence-corrected chi connectivity index (χ4v) is 1.68. The molecular weight excluding hydrogens is 170 g/mol. The van der Waals surface area contributed by atoms with Crippen molar-refractivity contribution in [2.75, 3.05) is 13.2 Å². The van der Waals surface area contributed by atoms with Crippen LogP contribution in [0.1, 0.15) is 25.7 Å². The third-order valence-electron chi connectivity index (χ3n) is 2.60. The molecule has 1 aliphatic rings. The highest BCUT2D eigenvalue weighted by Gasteiger charge is 2.19. The first-order valence-electron chi connectivity index (χ1n) is 4.94. The Hall–Kier alpha value is -0.160. The van der Waals surface area contributed by atoms with Gasteiger partial charge in [0.15, 0.2) is 0 Å². The molecule has 0 saturated heterocycles. The van der Waals surface area contributed by atoms with Crippen LogP contribution in [0, 0.1) is 0 Å². The summed E-state index contributed by atoms with van der Waals surface area (Å²) in [6, 6.07) is 0.487. The van der Waals surface area contributed by atoms with Crippen molar-refractivity contribution in [1.29, 1.82) is 0 Å². The smallest absolute Gasteiger partial charge is 0.104 e. The minimum atomic E-state index is -1.02. The van der Waals surface area contributed by atoms with E-state index in [2.05, 4.69) is 5.32 Å². The molecule has 0 aromatic rings. The van der Waals surface area contributed by atoms with E-state index in [1.807, 2.05) is 0 Å². The van der Waals surface area contributed by atoms with Crippen LogP contribution in [0.5, 0.6) is 0 Å². The van der Waals surface area contributed by atoms with Crippen molar-refractivity contribution >= 4 is 0 Å². The molecule has 0 radical (unpaired) electrons. The lowest BCUT2D eigenvalue weighted by molar-refractivity contribution is -0.0138. The molecule has 4 nitrogen and oxygen atoms in total. The molecule has 2 unspecified atom stereocenters. The topological polar surface area (TPSA) is 72.7 Å². The molecular formula is C9H19NO3. The highest BCUT2D eigenvalue weighted by molar-refractivity contribution is 4.77. The second kappa shape index (κ2) is 5.54. The molecule has 4 N–H and O–H groups in total. The lowest BCUT2D eigenvalue weighted by Crippen LogP contribution is -2.41. The van der Waals surface area contributed by atoms with Gasteiger partial charge in [0.05, 0.1) is 12.7 Å². The SMILES string of the molecule is OCC(O)C(O)CNC1CCCC1. The monoisotopic (exact) mass is 189 g/mol. The summed E-state index contributed by atoms with van der Waals surface area (Å²) in [5.74, 6) is 0. The minimum Gasteiger partial charge on any atom is -0.394 e. The van der Waals surface area contributed by atoms with Crippen molar-refractivity contribution in [2.24, 2.45) is 0 Å². The summed E-state index contributed by atoms with van der Waals surface area (Å²) in [5.41, 5.74) is 0. The zero-order valence-corrected chi connectivity index (χ0v) is 7.82. The lowest BCUT2D eigenvalue weighted by Gasteiger charge is -2.18. The van der Waals surface area contributed by atoms with Gasteiger partial charge in [-0.3, -0.25) is 0 Å². The van der Waals surface area contributed by atoms with E-state index in [0.717, 1.165) is 12.8 Å². The van der Waals surface area contributed by atoms with E-state index in [1.54, 1.807) is 0 Å². The molecule has 78 valence electrons. The normalized spacial score (nSPS) is 23.3. The van der Waals surface area contributed by atoms with E-state index in [0.29, 0.717) is 12.6 Å². The van der Waals surface area contributed by atoms with Gasteiger partial charge in [-0.05, 0) is 12.8 Å². The number of aliphatic hydroxyl groups is 3. The van der Waals surface area contributed by atoms with Gasteiger partial charge < -0.3 is 20.6 Å². The molecule has 0 amide bonds. The molecule has 13 heavy (non-hydrogen) atoms. The van der Waals surface area contributed by atoms with Crippen LogP contribution in [0.4, 0.5) is 0 Å². The lowest BCUT2D eigenvalue weighted by atomic mass is 10.2. The van der Waals surface area contributed by atoms with E-state index in [9.17, 15) is 5.11 Å². The van der Waals surface area contributed by atoms with Crippen molar-refractivity contribution in [1.82, 2.24) is 5.32 Å². The molecule has 0 aliphatic heterocycles. The van der Waals surface area contributed by atoms with Gasteiger partial charge in [-0.25, -0.2) is 0 Å². The van der Waals surface area contributed by atoms with Gasteiger partial charge in [-0.15, -0.1) is 0 Å². The molecule has 1 rings (SSSR count). The Morgan fingerprint density at radius 2 is 1.77 bits per heavy atom. The van der Waals surface area contributed by atoms with Crippen molar-refractivity contribution in [3.63, 3.8) is 0 Å². The standard InChI is InChI=1S/C9H19NO3/c11-6-9(13)8(12)5-10-7-3-1-2-4-7/h7-13H,1-6H2. The van der Waals surface area contributed by atoms with Gasteiger partial charge in [-0.1, -0.05) is 12.8 Å². The maximum Gasteiger partial charge on any atom is 0.104 e. The van der Waals surface area contributed by atoms with E-state index in [1.165, 1.54) is 12.8 Å². The Labute approximate surface area is 78.6 Å². The van der Waals surface area contributed by atoms with Gasteiger partial charge in [0, 0.05) is 12.6 Å². The van der Waals surface area contributed by atoms with Crippen LogP contribution < -0.4 is 5.32 Å². The average molecular weight is 189 g/mol. The van der Waals surface area contributed by atoms with Crippen molar-refractivity contribution in [3.8, 4) is 0 Å². The first-order valence-corrected chi connectivity index (χ1v) is 4.94. The zero-order valence-electron chi connectivity index (χ0n) is 7.82. The number of hydrogen-bond acceptors (Lipinski definition) is 4. The quantitative estimate of drug-likeness (QED) is 0.458. The Morgan fingerprint density at radius 1 is 1.15 bits per heavy atom. The zero-order chi connectivity index (χ0) is 9.68. The fraction of sp³-hybridized carbons (Fsp3) is 1.00. The maximum absolute atomic E-state index is 9.31. The highest BCUT2D eigenvalue weighted by atomic mass is 16.4. The molecule has 2 atom stereocenters. The van der Waals surface area contributed by atoms with Gasteiger partial charge in [0.25, 0.3) is 0 Å². The molecule has 0 bridgehead atoms. The largest absolute Gasteiger partial charge is 0.394 e. The van der Waals surface area contributed by atoms with Gasteiger partial charge in [0.2, 0.25) is 0 Å². The van der Waals surface area contributed by atoms with Crippen LogP contribution in [-0.4, -0.2) is 46.7 Å². The van der Waals surface area contributed by atoms with Crippen LogP contribution >= 0.6 is 0 Å². The first kappa shape index (κ1) is 10.9. The van der Waals surface area contributed by atoms with Crippen LogP contribution in [0.2, 0.25) is 0 Å². The average Bonchev–Trinajstić information content (AvgIpc) is 2.65. The van der Waals surface area contributed by atoms with Crippen LogP contribution in [-0.2, 0) is 0 Å². The van der Waals surface area contributed by atoms with E-state index >= 15 is 0 Å². The Kier molecular flexibility index (Phi) is 4.66. The van der Waals surface area contributed by atoms with Gasteiger partial charge >= 0.3 is 0 Å². The Balaban J connectivity index is 2.10. The van der Waals surface area contributed by atoms with Crippen molar-refractivity contribution < 1.29 is 15.3 Å². The first-order chi connectivity index (χ1) is 6.24. The number of nitrogens with one attached hydrogen (secondary N) is 1.